The third-order valence-corrected chi connectivity index (χ3v) is 12.7. The number of hydrogen-bond donors (Lipinski definition) is 0. The summed E-state index contributed by atoms with van der Waals surface area (Å²) in [4.78, 5) is 0. The summed E-state index contributed by atoms with van der Waals surface area (Å²) in [5, 5.41) is 0. The van der Waals surface area contributed by atoms with E-state index >= 15 is 0 Å². The van der Waals surface area contributed by atoms with Crippen LogP contribution in [-0.2, 0) is 114 Å². The second kappa shape index (κ2) is 67.0. The predicted octanol–water partition coefficient (Wildman–Crippen LogP) is 5.05. The fraction of sp³-hybridized carbons (Fsp3) is 0.806. The first-order valence-corrected chi connectivity index (χ1v) is 33.0. The minimum absolute atomic E-state index is 0.352. The van der Waals surface area contributed by atoms with Crippen LogP contribution in [0, 0.1) is 0 Å². The maximum Gasteiger partial charge on any atom is 0.127 e. The van der Waals surface area contributed by atoms with Crippen molar-refractivity contribution in [3.05, 3.63) is 45.3 Å². The summed E-state index contributed by atoms with van der Waals surface area (Å²) in [5.41, 5.74) is 1.74. The van der Waals surface area contributed by atoms with Gasteiger partial charge in [-0.1, -0.05) is 31.9 Å². The van der Waals surface area contributed by atoms with E-state index in [1.807, 2.05) is 36.4 Å². The number of ether oxygens (including phenoxy) is 26. The largest absolute Gasteiger partial charge is 0.491 e. The summed E-state index contributed by atoms with van der Waals surface area (Å²) in [6, 6.07) is 11.7. The molecule has 0 atom stereocenters. The van der Waals surface area contributed by atoms with Crippen molar-refractivity contribution in [1.29, 1.82) is 0 Å². The van der Waals surface area contributed by atoms with Crippen LogP contribution in [0.4, 0.5) is 0 Å². The molecule has 0 aliphatic carbocycles. The Morgan fingerprint density at radius 3 is 0.389 bits per heavy atom. The number of benzene rings is 2. The molecule has 0 spiro atoms. The van der Waals surface area contributed by atoms with Gasteiger partial charge >= 0.3 is 0 Å². The van der Waals surface area contributed by atoms with Gasteiger partial charge in [0.2, 0.25) is 0 Å². The van der Waals surface area contributed by atoms with Gasteiger partial charge in [0.15, 0.2) is 0 Å². The van der Waals surface area contributed by atoms with Crippen molar-refractivity contribution in [2.75, 3.05) is 330 Å². The highest BCUT2D eigenvalue weighted by atomic mass is 79.9. The molecular weight excluding hydrogens is 1320 g/mol. The highest BCUT2D eigenvalue weighted by molar-refractivity contribution is 9.10. The standard InChI is InChI=1S/C62H106Br2O26/c63-57-1-3-61-59(55-57)60-56-58(64)2-4-62(60)90-54-52-88-50-48-86-46-44-84-42-40-82-38-36-80-34-32-78-30-28-76-26-24-74-22-20-72-18-16-70-14-12-68-10-8-66-6-5-65-7-9-67-11-13-69-15-17-71-19-21-73-23-25-75-27-29-77-31-33-79-35-37-81-39-41-83-43-45-85-47-49-87-51-53-89-61/h1-4,55-56H,5-54H2. The average molecular weight is 1430 g/mol. The Labute approximate surface area is 550 Å². The fourth-order valence-corrected chi connectivity index (χ4v) is 7.98. The van der Waals surface area contributed by atoms with Gasteiger partial charge in [0.05, 0.1) is 317 Å². The zero-order chi connectivity index (χ0) is 63.4. The zero-order valence-corrected chi connectivity index (χ0v) is 56.4. The molecule has 3 rings (SSSR count). The molecule has 0 amide bonds. The Hall–Kier alpha value is -1.96. The summed E-state index contributed by atoms with van der Waals surface area (Å²) >= 11 is 7.24. The molecule has 0 radical (unpaired) electrons. The van der Waals surface area contributed by atoms with Crippen LogP contribution in [0.25, 0.3) is 11.1 Å². The molecule has 0 saturated heterocycles. The van der Waals surface area contributed by atoms with Crippen molar-refractivity contribution in [2.45, 2.75) is 0 Å². The average Bonchev–Trinajstić information content (AvgIpc) is 1.32. The van der Waals surface area contributed by atoms with E-state index < -0.39 is 0 Å². The van der Waals surface area contributed by atoms with Crippen LogP contribution in [-0.4, -0.2) is 330 Å². The quantitative estimate of drug-likeness (QED) is 0.335. The fourth-order valence-electron chi connectivity index (χ4n) is 7.26. The Bertz CT molecular complexity index is 1680. The van der Waals surface area contributed by atoms with Crippen molar-refractivity contribution in [2.24, 2.45) is 0 Å². The number of fused-ring (bicyclic) bond motifs is 3. The Kier molecular flexibility index (Phi) is 61.3. The van der Waals surface area contributed by atoms with E-state index in [0.717, 1.165) is 20.1 Å². The van der Waals surface area contributed by atoms with Crippen LogP contribution in [0.1, 0.15) is 0 Å². The second-order valence-electron chi connectivity index (χ2n) is 18.7. The predicted molar refractivity (Wildman–Crippen MR) is 338 cm³/mol. The highest BCUT2D eigenvalue weighted by Gasteiger charge is 2.15. The molecule has 0 aromatic heterocycles. The Morgan fingerprint density at radius 1 is 0.156 bits per heavy atom. The second-order valence-corrected chi connectivity index (χ2v) is 20.5. The van der Waals surface area contributed by atoms with Gasteiger partial charge in [-0.05, 0) is 36.4 Å². The Balaban J connectivity index is 1.19. The van der Waals surface area contributed by atoms with Gasteiger partial charge in [-0.15, -0.1) is 0 Å². The lowest BCUT2D eigenvalue weighted by molar-refractivity contribution is -0.0320. The molecule has 2 aromatic carbocycles. The molecule has 26 nitrogen and oxygen atoms in total. The molecule has 28 heteroatoms. The monoisotopic (exact) mass is 1420 g/mol. The molecule has 90 heavy (non-hydrogen) atoms. The van der Waals surface area contributed by atoms with E-state index in [4.69, 9.17) is 123 Å². The molecule has 1 heterocycles. The van der Waals surface area contributed by atoms with Crippen molar-refractivity contribution < 1.29 is 123 Å². The summed E-state index contributed by atoms with van der Waals surface area (Å²) in [6.07, 6.45) is 0. The minimum Gasteiger partial charge on any atom is -0.491 e. The van der Waals surface area contributed by atoms with Gasteiger partial charge in [-0.25, -0.2) is 0 Å². The highest BCUT2D eigenvalue weighted by Crippen LogP contribution is 2.40. The first-order valence-electron chi connectivity index (χ1n) is 31.4. The molecule has 0 unspecified atom stereocenters. The van der Waals surface area contributed by atoms with Gasteiger partial charge in [0.25, 0.3) is 0 Å². The first kappa shape index (κ1) is 82.3. The lowest BCUT2D eigenvalue weighted by atomic mass is 10.0. The van der Waals surface area contributed by atoms with Crippen molar-refractivity contribution >= 4 is 31.9 Å². The molecule has 0 saturated carbocycles. The molecule has 0 fully saturated rings. The smallest absolute Gasteiger partial charge is 0.127 e. The number of hydrogen-bond acceptors (Lipinski definition) is 26. The van der Waals surface area contributed by atoms with Crippen LogP contribution in [0.5, 0.6) is 11.5 Å². The normalized spacial score (nSPS) is 21.9. The van der Waals surface area contributed by atoms with Gasteiger partial charge in [-0.3, -0.25) is 0 Å². The zero-order valence-electron chi connectivity index (χ0n) is 53.2. The van der Waals surface area contributed by atoms with Crippen molar-refractivity contribution in [3.63, 3.8) is 0 Å². The summed E-state index contributed by atoms with van der Waals surface area (Å²) in [5.74, 6) is 1.40. The van der Waals surface area contributed by atoms with Gasteiger partial charge < -0.3 is 123 Å². The molecule has 0 N–H and O–H groups in total. The Morgan fingerprint density at radius 2 is 0.267 bits per heavy atom. The number of halogens is 2. The van der Waals surface area contributed by atoms with E-state index in [9.17, 15) is 0 Å². The lowest BCUT2D eigenvalue weighted by Crippen LogP contribution is -2.16. The minimum atomic E-state index is 0.352. The summed E-state index contributed by atoms with van der Waals surface area (Å²) in [6.45, 7) is 23.2. The van der Waals surface area contributed by atoms with E-state index in [-0.39, 0.29) is 0 Å². The molecular formula is C62H106Br2O26. The van der Waals surface area contributed by atoms with E-state index in [2.05, 4.69) is 31.9 Å². The topological polar surface area (TPSA) is 240 Å². The van der Waals surface area contributed by atoms with Gasteiger partial charge in [0, 0.05) is 20.1 Å². The lowest BCUT2D eigenvalue weighted by Gasteiger charge is -2.17. The van der Waals surface area contributed by atoms with Crippen molar-refractivity contribution in [1.82, 2.24) is 0 Å². The van der Waals surface area contributed by atoms with E-state index in [0.29, 0.717) is 342 Å². The molecule has 1 aliphatic rings. The molecule has 2 aromatic rings. The van der Waals surface area contributed by atoms with Crippen LogP contribution in [0.3, 0.4) is 0 Å². The van der Waals surface area contributed by atoms with E-state index in [1.165, 1.54) is 0 Å². The molecule has 524 valence electrons. The maximum atomic E-state index is 6.20. The van der Waals surface area contributed by atoms with Crippen LogP contribution in [0.15, 0.2) is 45.3 Å². The summed E-state index contributed by atoms with van der Waals surface area (Å²) < 4.78 is 148. The van der Waals surface area contributed by atoms with Crippen LogP contribution >= 0.6 is 31.9 Å². The van der Waals surface area contributed by atoms with Gasteiger partial charge in [0.1, 0.15) is 24.7 Å². The molecule has 1 aliphatic heterocycles. The van der Waals surface area contributed by atoms with Crippen LogP contribution < -0.4 is 9.47 Å². The SMILES string of the molecule is Brc1ccc2c(c1)-c1cc(Br)ccc1OCCOCCOCCOCCOCCOCCOCCOCCOCCOCCOCCOCCOCCOCCOCCOCCOCCOCCOCCOCCOCCOCCOCCOCCOCCO2. The summed E-state index contributed by atoms with van der Waals surface area (Å²) in [7, 11) is 0. The van der Waals surface area contributed by atoms with Gasteiger partial charge in [-0.2, -0.15) is 0 Å². The van der Waals surface area contributed by atoms with E-state index in [1.54, 1.807) is 0 Å². The van der Waals surface area contributed by atoms with Crippen LogP contribution in [0.2, 0.25) is 0 Å². The third kappa shape index (κ3) is 54.3. The maximum absolute atomic E-state index is 6.20. The molecule has 0 bridgehead atoms. The van der Waals surface area contributed by atoms with Crippen molar-refractivity contribution in [3.8, 4) is 22.6 Å². The third-order valence-electron chi connectivity index (χ3n) is 11.7. The first-order chi connectivity index (χ1) is 44.7. The number of rotatable bonds is 0.